The average molecular weight is 573 g/mol. The van der Waals surface area contributed by atoms with Crippen LogP contribution in [0, 0.1) is 20.2 Å². The minimum atomic E-state index is -0.485. The molecule has 1 atom stereocenters. The van der Waals surface area contributed by atoms with Gasteiger partial charge >= 0.3 is 0 Å². The monoisotopic (exact) mass is 573 g/mol. The topological polar surface area (TPSA) is 90.5 Å². The number of anilines is 2. The number of benzene rings is 1. The highest BCUT2D eigenvalue weighted by Crippen LogP contribution is 2.41. The van der Waals surface area contributed by atoms with E-state index in [1.54, 1.807) is 12.1 Å². The van der Waals surface area contributed by atoms with Crippen LogP contribution in [0.4, 0.5) is 15.1 Å². The first kappa shape index (κ1) is 24.9. The molecule has 1 aromatic heterocycles. The number of aliphatic hydroxyl groups is 1. The van der Waals surface area contributed by atoms with Crippen LogP contribution in [0.2, 0.25) is 0 Å². The molecular formula is C23H29FIN3O3S. The van der Waals surface area contributed by atoms with Crippen molar-refractivity contribution < 1.29 is 19.1 Å². The van der Waals surface area contributed by atoms with Crippen molar-refractivity contribution in [3.63, 3.8) is 0 Å². The first-order valence-corrected chi connectivity index (χ1v) is 12.3. The molecule has 1 unspecified atom stereocenters. The standard InChI is InChI=1S/C23H29FIN3O3S/c1-22(2,3)16(10-29)28-19(30)17-13-9-23(4,5)11-26-20(31)18(13)32-21(17)27-15-7-6-12(25)8-14(15)24/h6-8,16,27,29H,9-11H2,1-5H3,(H,26,31)(H,28,30). The summed E-state index contributed by atoms with van der Waals surface area (Å²) >= 11 is 3.18. The smallest absolute Gasteiger partial charge is 0.261 e. The van der Waals surface area contributed by atoms with Gasteiger partial charge in [-0.05, 0) is 63.6 Å². The maximum absolute atomic E-state index is 14.6. The number of rotatable bonds is 5. The molecule has 6 nitrogen and oxygen atoms in total. The van der Waals surface area contributed by atoms with E-state index < -0.39 is 17.8 Å². The molecule has 9 heteroatoms. The summed E-state index contributed by atoms with van der Waals surface area (Å²) in [5.74, 6) is -1.08. The Morgan fingerprint density at radius 2 is 2.06 bits per heavy atom. The third kappa shape index (κ3) is 5.43. The van der Waals surface area contributed by atoms with Crippen molar-refractivity contribution in [1.82, 2.24) is 10.6 Å². The Morgan fingerprint density at radius 1 is 1.38 bits per heavy atom. The van der Waals surface area contributed by atoms with Crippen molar-refractivity contribution in [1.29, 1.82) is 0 Å². The van der Waals surface area contributed by atoms with Gasteiger partial charge in [0.1, 0.15) is 10.8 Å². The second-order valence-corrected chi connectivity index (χ2v) is 12.2. The Labute approximate surface area is 205 Å². The van der Waals surface area contributed by atoms with Gasteiger partial charge in [-0.1, -0.05) is 34.6 Å². The van der Waals surface area contributed by atoms with E-state index in [0.29, 0.717) is 34.0 Å². The highest BCUT2D eigenvalue weighted by molar-refractivity contribution is 14.1. The Kier molecular flexibility index (Phi) is 7.21. The number of halogens is 2. The molecule has 0 bridgehead atoms. The predicted octanol–water partition coefficient (Wildman–Crippen LogP) is 4.68. The summed E-state index contributed by atoms with van der Waals surface area (Å²) in [6.45, 7) is 10.1. The summed E-state index contributed by atoms with van der Waals surface area (Å²) in [6, 6.07) is 4.29. The van der Waals surface area contributed by atoms with E-state index in [9.17, 15) is 19.1 Å². The molecular weight excluding hydrogens is 544 g/mol. The second kappa shape index (κ2) is 9.26. The lowest BCUT2D eigenvalue weighted by Gasteiger charge is -2.30. The summed E-state index contributed by atoms with van der Waals surface area (Å²) in [4.78, 5) is 26.7. The van der Waals surface area contributed by atoms with Crippen LogP contribution in [0.25, 0.3) is 0 Å². The molecule has 1 aliphatic rings. The third-order valence-corrected chi connectivity index (χ3v) is 7.35. The maximum atomic E-state index is 14.6. The van der Waals surface area contributed by atoms with E-state index in [4.69, 9.17) is 0 Å². The van der Waals surface area contributed by atoms with Crippen molar-refractivity contribution >= 4 is 56.4 Å². The summed E-state index contributed by atoms with van der Waals surface area (Å²) in [5.41, 5.74) is 0.569. The number of carbonyl (C=O) groups is 2. The van der Waals surface area contributed by atoms with Gasteiger partial charge in [0.2, 0.25) is 0 Å². The Hall–Kier alpha value is -1.72. The van der Waals surface area contributed by atoms with Crippen LogP contribution in [-0.4, -0.2) is 36.1 Å². The Morgan fingerprint density at radius 3 is 2.66 bits per heavy atom. The number of amides is 2. The maximum Gasteiger partial charge on any atom is 0.261 e. The minimum absolute atomic E-state index is 0.220. The highest BCUT2D eigenvalue weighted by Gasteiger charge is 2.36. The Bertz CT molecular complexity index is 1050. The number of nitrogens with one attached hydrogen (secondary N) is 3. The summed E-state index contributed by atoms with van der Waals surface area (Å²) < 4.78 is 15.3. The van der Waals surface area contributed by atoms with E-state index in [1.165, 1.54) is 6.07 Å². The molecule has 1 aromatic carbocycles. The molecule has 0 saturated carbocycles. The van der Waals surface area contributed by atoms with E-state index in [-0.39, 0.29) is 29.0 Å². The molecule has 0 spiro atoms. The fourth-order valence-electron chi connectivity index (χ4n) is 3.57. The zero-order chi connectivity index (χ0) is 23.8. The number of hydrogen-bond acceptors (Lipinski definition) is 5. The van der Waals surface area contributed by atoms with Crippen LogP contribution in [-0.2, 0) is 6.42 Å². The molecule has 174 valence electrons. The van der Waals surface area contributed by atoms with Crippen LogP contribution in [0.1, 0.15) is 60.2 Å². The third-order valence-electron chi connectivity index (χ3n) is 5.54. The van der Waals surface area contributed by atoms with Crippen molar-refractivity contribution in [2.24, 2.45) is 10.8 Å². The van der Waals surface area contributed by atoms with Gasteiger partial charge in [-0.3, -0.25) is 9.59 Å². The fourth-order valence-corrected chi connectivity index (χ4v) is 5.16. The van der Waals surface area contributed by atoms with E-state index >= 15 is 0 Å². The van der Waals surface area contributed by atoms with Gasteiger partial charge in [-0.15, -0.1) is 11.3 Å². The number of fused-ring (bicyclic) bond motifs is 1. The lowest BCUT2D eigenvalue weighted by Crippen LogP contribution is -2.46. The fraction of sp³-hybridized carbons (Fsp3) is 0.478. The average Bonchev–Trinajstić information content (AvgIpc) is 2.97. The Balaban J connectivity index is 2.11. The van der Waals surface area contributed by atoms with E-state index in [1.807, 2.05) is 57.2 Å². The summed E-state index contributed by atoms with van der Waals surface area (Å²) in [7, 11) is 0. The summed E-state index contributed by atoms with van der Waals surface area (Å²) in [5, 5.41) is 19.1. The molecule has 3 rings (SSSR count). The number of hydrogen-bond donors (Lipinski definition) is 4. The zero-order valence-electron chi connectivity index (χ0n) is 18.9. The molecule has 32 heavy (non-hydrogen) atoms. The largest absolute Gasteiger partial charge is 0.394 e. The molecule has 0 saturated heterocycles. The van der Waals surface area contributed by atoms with Gasteiger partial charge in [0, 0.05) is 10.1 Å². The van der Waals surface area contributed by atoms with Crippen molar-refractivity contribution in [2.45, 2.75) is 47.1 Å². The molecule has 1 aliphatic heterocycles. The quantitative estimate of drug-likeness (QED) is 0.391. The second-order valence-electron chi connectivity index (χ2n) is 9.96. The first-order chi connectivity index (χ1) is 14.8. The van der Waals surface area contributed by atoms with Crippen LogP contribution >= 0.6 is 33.9 Å². The van der Waals surface area contributed by atoms with Crippen molar-refractivity contribution in [3.05, 3.63) is 43.6 Å². The van der Waals surface area contributed by atoms with Gasteiger partial charge in [0.05, 0.1) is 28.8 Å². The molecule has 0 radical (unpaired) electrons. The van der Waals surface area contributed by atoms with Crippen LogP contribution in [0.3, 0.4) is 0 Å². The van der Waals surface area contributed by atoms with Crippen molar-refractivity contribution in [3.8, 4) is 0 Å². The lowest BCUT2D eigenvalue weighted by molar-refractivity contribution is 0.0848. The van der Waals surface area contributed by atoms with Crippen LogP contribution < -0.4 is 16.0 Å². The highest BCUT2D eigenvalue weighted by atomic mass is 127. The number of carbonyl (C=O) groups excluding carboxylic acids is 2. The number of aliphatic hydroxyl groups excluding tert-OH is 1. The predicted molar refractivity (Wildman–Crippen MR) is 134 cm³/mol. The van der Waals surface area contributed by atoms with Gasteiger partial charge in [0.15, 0.2) is 0 Å². The van der Waals surface area contributed by atoms with Crippen LogP contribution in [0.15, 0.2) is 18.2 Å². The lowest BCUT2D eigenvalue weighted by atomic mass is 9.84. The SMILES string of the molecule is CC1(C)CNC(=O)c2sc(Nc3ccc(I)cc3F)c(C(=O)NC(CO)C(C)(C)C)c2C1. The molecule has 0 fully saturated rings. The molecule has 2 aromatic rings. The van der Waals surface area contributed by atoms with Crippen LogP contribution in [0.5, 0.6) is 0 Å². The molecule has 0 aliphatic carbocycles. The molecule has 4 N–H and O–H groups in total. The number of thiophene rings is 1. The summed E-state index contributed by atoms with van der Waals surface area (Å²) in [6.07, 6.45) is 0.510. The molecule has 2 heterocycles. The van der Waals surface area contributed by atoms with E-state index in [2.05, 4.69) is 16.0 Å². The normalized spacial score (nSPS) is 16.6. The minimum Gasteiger partial charge on any atom is -0.394 e. The van der Waals surface area contributed by atoms with Gasteiger partial charge in [-0.2, -0.15) is 0 Å². The first-order valence-electron chi connectivity index (χ1n) is 10.4. The van der Waals surface area contributed by atoms with Crippen molar-refractivity contribution in [2.75, 3.05) is 18.5 Å². The van der Waals surface area contributed by atoms with E-state index in [0.717, 1.165) is 14.9 Å². The zero-order valence-corrected chi connectivity index (χ0v) is 21.8. The van der Waals surface area contributed by atoms with Gasteiger partial charge < -0.3 is 21.1 Å². The van der Waals surface area contributed by atoms with Gasteiger partial charge in [0.25, 0.3) is 11.8 Å². The van der Waals surface area contributed by atoms with Gasteiger partial charge in [-0.25, -0.2) is 4.39 Å². The molecule has 2 amide bonds.